The van der Waals surface area contributed by atoms with E-state index in [1.54, 1.807) is 19.1 Å². The Morgan fingerprint density at radius 2 is 1.90 bits per heavy atom. The van der Waals surface area contributed by atoms with Crippen LogP contribution < -0.4 is 5.32 Å². The molecule has 7 heteroatoms. The normalized spacial score (nSPS) is 31.7. The molecule has 1 saturated heterocycles. The van der Waals surface area contributed by atoms with Gasteiger partial charge in [0.25, 0.3) is 5.91 Å². The van der Waals surface area contributed by atoms with Gasteiger partial charge in [-0.1, -0.05) is 26.8 Å². The van der Waals surface area contributed by atoms with Crippen LogP contribution in [0.5, 0.6) is 0 Å². The van der Waals surface area contributed by atoms with Gasteiger partial charge in [-0.2, -0.15) is 4.31 Å². The summed E-state index contributed by atoms with van der Waals surface area (Å²) in [6.07, 6.45) is 3.51. The summed E-state index contributed by atoms with van der Waals surface area (Å²) in [4.78, 5) is 13.3. The largest absolute Gasteiger partial charge is 0.379 e. The third-order valence-electron chi connectivity index (χ3n) is 7.58. The van der Waals surface area contributed by atoms with Gasteiger partial charge >= 0.3 is 0 Å². The number of hydrogen-bond acceptors (Lipinski definition) is 4. The van der Waals surface area contributed by atoms with Crippen LogP contribution in [0.2, 0.25) is 0 Å². The molecule has 2 unspecified atom stereocenters. The number of carbonyl (C=O) groups is 1. The first-order chi connectivity index (χ1) is 13.6. The molecule has 1 heterocycles. The van der Waals surface area contributed by atoms with Gasteiger partial charge in [0.05, 0.1) is 18.1 Å². The molecule has 2 bridgehead atoms. The quantitative estimate of drug-likeness (QED) is 0.813. The van der Waals surface area contributed by atoms with Crippen LogP contribution in [0, 0.1) is 23.7 Å². The summed E-state index contributed by atoms with van der Waals surface area (Å²) >= 11 is 0. The molecular weight excluding hydrogens is 388 g/mol. The van der Waals surface area contributed by atoms with Crippen molar-refractivity contribution in [2.45, 2.75) is 57.9 Å². The van der Waals surface area contributed by atoms with Crippen molar-refractivity contribution in [1.29, 1.82) is 0 Å². The van der Waals surface area contributed by atoms with Crippen molar-refractivity contribution < 1.29 is 17.9 Å². The molecule has 0 radical (unpaired) electrons. The number of aryl methyl sites for hydroxylation is 1. The molecule has 160 valence electrons. The maximum atomic E-state index is 13.1. The molecule has 6 nitrogen and oxygen atoms in total. The predicted molar refractivity (Wildman–Crippen MR) is 111 cm³/mol. The fraction of sp³-hybridized carbons (Fsp3) is 0.682. The van der Waals surface area contributed by atoms with Crippen LogP contribution in [-0.4, -0.2) is 51.0 Å². The van der Waals surface area contributed by atoms with Crippen molar-refractivity contribution in [2.24, 2.45) is 16.7 Å². The second kappa shape index (κ2) is 7.06. The average molecular weight is 421 g/mol. The number of carbonyl (C=O) groups excluding carboxylic acids is 1. The first-order valence-electron chi connectivity index (χ1n) is 10.6. The summed E-state index contributed by atoms with van der Waals surface area (Å²) in [6, 6.07) is 5.10. The predicted octanol–water partition coefficient (Wildman–Crippen LogP) is 2.96. The molecule has 2 saturated carbocycles. The Kier molecular flexibility index (Phi) is 5.07. The SMILES string of the molecule is Cc1ccc(C(=O)NC2C3(C)CC[C@@H](C3)C2(C)C)cc1S(=O)(=O)N1CCOCC1. The molecule has 3 fully saturated rings. The molecule has 3 atom stereocenters. The first kappa shape index (κ1) is 20.8. The Balaban J connectivity index is 1.60. The number of nitrogens with zero attached hydrogens (tertiary/aromatic N) is 1. The van der Waals surface area contributed by atoms with Crippen LogP contribution in [0.1, 0.15) is 56.0 Å². The summed E-state index contributed by atoms with van der Waals surface area (Å²) in [7, 11) is -3.65. The molecule has 1 N–H and O–H groups in total. The highest BCUT2D eigenvalue weighted by molar-refractivity contribution is 7.89. The van der Waals surface area contributed by atoms with Crippen LogP contribution in [0.3, 0.4) is 0 Å². The molecule has 0 aromatic heterocycles. The second-order valence-electron chi connectivity index (χ2n) is 9.82. The lowest BCUT2D eigenvalue weighted by atomic mass is 9.68. The minimum atomic E-state index is -3.65. The number of ether oxygens (including phenoxy) is 1. The minimum Gasteiger partial charge on any atom is -0.379 e. The van der Waals surface area contributed by atoms with E-state index in [0.717, 1.165) is 12.8 Å². The topological polar surface area (TPSA) is 75.7 Å². The molecule has 1 aromatic rings. The van der Waals surface area contributed by atoms with Crippen LogP contribution in [0.4, 0.5) is 0 Å². The number of hydrogen-bond donors (Lipinski definition) is 1. The van der Waals surface area contributed by atoms with Crippen molar-refractivity contribution in [1.82, 2.24) is 9.62 Å². The van der Waals surface area contributed by atoms with Crippen LogP contribution in [0.25, 0.3) is 0 Å². The molecule has 1 aliphatic heterocycles. The Labute approximate surface area is 174 Å². The Bertz CT molecular complexity index is 916. The van der Waals surface area contributed by atoms with Gasteiger partial charge in [0, 0.05) is 24.7 Å². The highest BCUT2D eigenvalue weighted by Gasteiger charge is 2.59. The zero-order valence-electron chi connectivity index (χ0n) is 17.8. The fourth-order valence-corrected chi connectivity index (χ4v) is 7.48. The van der Waals surface area contributed by atoms with Crippen molar-refractivity contribution in [2.75, 3.05) is 26.3 Å². The summed E-state index contributed by atoms with van der Waals surface area (Å²) in [5.74, 6) is 0.448. The Hall–Kier alpha value is -1.44. The van der Waals surface area contributed by atoms with Gasteiger partial charge in [-0.15, -0.1) is 0 Å². The standard InChI is InChI=1S/C22H32N2O4S/c1-15-5-6-16(13-18(15)29(26,27)24-9-11-28-12-10-24)19(25)23-20-21(2,3)17-7-8-22(20,4)14-17/h5-6,13,17,20H,7-12,14H2,1-4H3,(H,23,25)/t17-,20?,22?/m0/s1. The van der Waals surface area contributed by atoms with Gasteiger partial charge < -0.3 is 10.1 Å². The van der Waals surface area contributed by atoms with E-state index in [4.69, 9.17) is 4.74 Å². The minimum absolute atomic E-state index is 0.0517. The molecule has 2 aliphatic carbocycles. The number of morpholine rings is 1. The van der Waals surface area contributed by atoms with E-state index < -0.39 is 10.0 Å². The van der Waals surface area contributed by atoms with E-state index in [1.807, 2.05) is 0 Å². The molecule has 3 aliphatic rings. The van der Waals surface area contributed by atoms with E-state index in [2.05, 4.69) is 26.1 Å². The summed E-state index contributed by atoms with van der Waals surface area (Å²) in [5, 5.41) is 3.27. The number of nitrogens with one attached hydrogen (secondary N) is 1. The lowest BCUT2D eigenvalue weighted by Gasteiger charge is -2.43. The monoisotopic (exact) mass is 420 g/mol. The van der Waals surface area contributed by atoms with Gasteiger partial charge in [0.1, 0.15) is 0 Å². The highest BCUT2D eigenvalue weighted by atomic mass is 32.2. The number of fused-ring (bicyclic) bond motifs is 2. The highest BCUT2D eigenvalue weighted by Crippen LogP contribution is 2.62. The van der Waals surface area contributed by atoms with Gasteiger partial charge in [-0.3, -0.25) is 4.79 Å². The second-order valence-corrected chi connectivity index (χ2v) is 11.7. The summed E-state index contributed by atoms with van der Waals surface area (Å²) < 4.78 is 33.0. The summed E-state index contributed by atoms with van der Waals surface area (Å²) in [6.45, 7) is 10.0. The van der Waals surface area contributed by atoms with E-state index in [-0.39, 0.29) is 27.7 Å². The molecule has 1 amide bonds. The average Bonchev–Trinajstić information content (AvgIpc) is 3.17. The lowest BCUT2D eigenvalue weighted by Crippen LogP contribution is -2.52. The molecule has 29 heavy (non-hydrogen) atoms. The van der Waals surface area contributed by atoms with E-state index >= 15 is 0 Å². The van der Waals surface area contributed by atoms with Gasteiger partial charge in [-0.05, 0) is 60.6 Å². The van der Waals surface area contributed by atoms with Crippen molar-refractivity contribution in [3.05, 3.63) is 29.3 Å². The maximum Gasteiger partial charge on any atom is 0.251 e. The third kappa shape index (κ3) is 3.41. The number of benzene rings is 1. The number of rotatable bonds is 4. The van der Waals surface area contributed by atoms with E-state index in [9.17, 15) is 13.2 Å². The molecular formula is C22H32N2O4S. The van der Waals surface area contributed by atoms with Gasteiger partial charge in [0.2, 0.25) is 10.0 Å². The van der Waals surface area contributed by atoms with Crippen molar-refractivity contribution in [3.8, 4) is 0 Å². The van der Waals surface area contributed by atoms with Crippen LogP contribution in [0.15, 0.2) is 23.1 Å². The van der Waals surface area contributed by atoms with Crippen LogP contribution in [-0.2, 0) is 14.8 Å². The lowest BCUT2D eigenvalue weighted by molar-refractivity contribution is 0.0728. The van der Waals surface area contributed by atoms with E-state index in [0.29, 0.717) is 43.3 Å². The first-order valence-corrected chi connectivity index (χ1v) is 12.0. The Morgan fingerprint density at radius 1 is 1.21 bits per heavy atom. The fourth-order valence-electron chi connectivity index (χ4n) is 5.82. The van der Waals surface area contributed by atoms with Crippen molar-refractivity contribution >= 4 is 15.9 Å². The zero-order chi connectivity index (χ0) is 21.0. The third-order valence-corrected chi connectivity index (χ3v) is 9.62. The van der Waals surface area contributed by atoms with Gasteiger partial charge in [0.15, 0.2) is 0 Å². The maximum absolute atomic E-state index is 13.1. The van der Waals surface area contributed by atoms with Crippen molar-refractivity contribution in [3.63, 3.8) is 0 Å². The Morgan fingerprint density at radius 3 is 2.52 bits per heavy atom. The van der Waals surface area contributed by atoms with Gasteiger partial charge in [-0.25, -0.2) is 8.42 Å². The van der Waals surface area contributed by atoms with Crippen LogP contribution >= 0.6 is 0 Å². The molecule has 1 aromatic carbocycles. The number of sulfonamides is 1. The molecule has 0 spiro atoms. The smallest absolute Gasteiger partial charge is 0.251 e. The molecule has 4 rings (SSSR count). The zero-order valence-corrected chi connectivity index (χ0v) is 18.6. The number of amides is 1. The van der Waals surface area contributed by atoms with E-state index in [1.165, 1.54) is 16.8 Å². The summed E-state index contributed by atoms with van der Waals surface area (Å²) in [5.41, 5.74) is 1.23.